The Bertz CT molecular complexity index is 328. The molecule has 0 aliphatic carbocycles. The fraction of sp³-hybridized carbons (Fsp3) is 0.500. The average molecular weight is 240 g/mol. The molecule has 5 nitrogen and oxygen atoms in total. The van der Waals surface area contributed by atoms with Gasteiger partial charge in [0.25, 0.3) is 5.91 Å². The number of nitrogens with one attached hydrogen (secondary N) is 2. The highest BCUT2D eigenvalue weighted by Gasteiger charge is 2.06. The van der Waals surface area contributed by atoms with E-state index in [1.54, 1.807) is 30.9 Å². The van der Waals surface area contributed by atoms with Gasteiger partial charge in [-0.2, -0.15) is 11.8 Å². The molecule has 16 heavy (non-hydrogen) atoms. The van der Waals surface area contributed by atoms with Gasteiger partial charge in [-0.05, 0) is 30.6 Å². The van der Waals surface area contributed by atoms with Crippen molar-refractivity contribution >= 4 is 23.5 Å². The van der Waals surface area contributed by atoms with Crippen LogP contribution >= 0.6 is 11.8 Å². The minimum absolute atomic E-state index is 0.170. The highest BCUT2D eigenvalue weighted by molar-refractivity contribution is 7.98. The second-order valence-corrected chi connectivity index (χ2v) is 4.14. The predicted molar refractivity (Wildman–Crippen MR) is 66.9 cm³/mol. The monoisotopic (exact) mass is 240 g/mol. The van der Waals surface area contributed by atoms with E-state index in [9.17, 15) is 4.79 Å². The van der Waals surface area contributed by atoms with E-state index in [4.69, 9.17) is 0 Å². The summed E-state index contributed by atoms with van der Waals surface area (Å²) in [6.07, 6.45) is 3.01. The summed E-state index contributed by atoms with van der Waals surface area (Å²) in [7, 11) is 1.76. The van der Waals surface area contributed by atoms with Crippen LogP contribution in [-0.4, -0.2) is 41.7 Å². The molecule has 0 saturated carbocycles. The molecule has 0 unspecified atom stereocenters. The zero-order chi connectivity index (χ0) is 11.8. The van der Waals surface area contributed by atoms with Gasteiger partial charge >= 0.3 is 0 Å². The Morgan fingerprint density at radius 1 is 1.44 bits per heavy atom. The molecule has 0 radical (unpaired) electrons. The highest BCUT2D eigenvalue weighted by atomic mass is 32.2. The molecule has 1 rings (SSSR count). The van der Waals surface area contributed by atoms with Crippen LogP contribution in [0.25, 0.3) is 0 Å². The molecule has 1 aromatic heterocycles. The third kappa shape index (κ3) is 4.06. The molecule has 2 N–H and O–H groups in total. The van der Waals surface area contributed by atoms with Crippen LogP contribution in [0.3, 0.4) is 0 Å². The van der Waals surface area contributed by atoms with E-state index >= 15 is 0 Å². The number of hydrogen-bond acceptors (Lipinski definition) is 5. The predicted octanol–water partition coefficient (Wildman–Crippen LogP) is 1.00. The molecule has 0 aliphatic heterocycles. The lowest BCUT2D eigenvalue weighted by molar-refractivity contribution is 0.0948. The molecular weight excluding hydrogens is 224 g/mol. The van der Waals surface area contributed by atoms with Crippen molar-refractivity contribution in [3.63, 3.8) is 0 Å². The van der Waals surface area contributed by atoms with Gasteiger partial charge < -0.3 is 10.6 Å². The fourth-order valence-electron chi connectivity index (χ4n) is 1.10. The first-order chi connectivity index (χ1) is 7.77. The topological polar surface area (TPSA) is 66.9 Å². The first kappa shape index (κ1) is 12.8. The molecule has 0 fully saturated rings. The fourth-order valence-corrected chi connectivity index (χ4v) is 1.53. The molecule has 0 bridgehead atoms. The van der Waals surface area contributed by atoms with Crippen molar-refractivity contribution < 1.29 is 4.79 Å². The van der Waals surface area contributed by atoms with Gasteiger partial charge in [0.2, 0.25) is 0 Å². The van der Waals surface area contributed by atoms with E-state index in [1.165, 1.54) is 0 Å². The molecule has 0 saturated heterocycles. The number of carbonyl (C=O) groups excluding carboxylic acids is 1. The lowest BCUT2D eigenvalue weighted by atomic mass is 10.3. The second kappa shape index (κ2) is 7.05. The Balaban J connectivity index is 2.40. The number of nitrogens with zero attached hydrogens (tertiary/aromatic N) is 2. The first-order valence-corrected chi connectivity index (χ1v) is 6.46. The van der Waals surface area contributed by atoms with Gasteiger partial charge in [-0.25, -0.2) is 0 Å². The molecule has 1 amide bonds. The molecule has 1 aromatic rings. The standard InChI is InChI=1S/C10H16N4OS/c1-11-9-5-4-8(13-14-9)10(15)12-6-3-7-16-2/h4-5H,3,6-7H2,1-2H3,(H,11,14)(H,12,15). The largest absolute Gasteiger partial charge is 0.372 e. The van der Waals surface area contributed by atoms with E-state index in [-0.39, 0.29) is 5.91 Å². The summed E-state index contributed by atoms with van der Waals surface area (Å²) in [5.41, 5.74) is 0.350. The van der Waals surface area contributed by atoms with Crippen LogP contribution in [0.4, 0.5) is 5.82 Å². The van der Waals surface area contributed by atoms with Crippen LogP contribution in [0, 0.1) is 0 Å². The van der Waals surface area contributed by atoms with E-state index < -0.39 is 0 Å². The van der Waals surface area contributed by atoms with Crippen molar-refractivity contribution in [3.05, 3.63) is 17.8 Å². The van der Waals surface area contributed by atoms with Crippen molar-refractivity contribution in [2.24, 2.45) is 0 Å². The van der Waals surface area contributed by atoms with Crippen LogP contribution in [0.15, 0.2) is 12.1 Å². The first-order valence-electron chi connectivity index (χ1n) is 5.06. The lowest BCUT2D eigenvalue weighted by Crippen LogP contribution is -2.26. The van der Waals surface area contributed by atoms with Crippen molar-refractivity contribution in [1.29, 1.82) is 0 Å². The average Bonchev–Trinajstić information content (AvgIpc) is 2.34. The summed E-state index contributed by atoms with van der Waals surface area (Å²) < 4.78 is 0. The van der Waals surface area contributed by atoms with Gasteiger partial charge in [0, 0.05) is 13.6 Å². The maximum absolute atomic E-state index is 11.6. The summed E-state index contributed by atoms with van der Waals surface area (Å²) in [6.45, 7) is 0.676. The van der Waals surface area contributed by atoms with Crippen LogP contribution in [0.1, 0.15) is 16.9 Å². The third-order valence-corrected chi connectivity index (χ3v) is 2.66. The second-order valence-electron chi connectivity index (χ2n) is 3.16. The third-order valence-electron chi connectivity index (χ3n) is 1.96. The Morgan fingerprint density at radius 2 is 2.25 bits per heavy atom. The van der Waals surface area contributed by atoms with Crippen molar-refractivity contribution in [2.75, 3.05) is 30.9 Å². The molecule has 6 heteroatoms. The Hall–Kier alpha value is -1.30. The quantitative estimate of drug-likeness (QED) is 0.726. The summed E-state index contributed by atoms with van der Waals surface area (Å²) >= 11 is 1.77. The summed E-state index contributed by atoms with van der Waals surface area (Å²) in [5, 5.41) is 13.3. The summed E-state index contributed by atoms with van der Waals surface area (Å²) in [6, 6.07) is 3.38. The van der Waals surface area contributed by atoms with Crippen molar-refractivity contribution in [2.45, 2.75) is 6.42 Å². The number of hydrogen-bond donors (Lipinski definition) is 2. The molecular formula is C10H16N4OS. The summed E-state index contributed by atoms with van der Waals surface area (Å²) in [4.78, 5) is 11.6. The molecule has 0 spiro atoms. The normalized spacial score (nSPS) is 9.88. The van der Waals surface area contributed by atoms with Crippen LogP contribution in [-0.2, 0) is 0 Å². The molecule has 1 heterocycles. The zero-order valence-electron chi connectivity index (χ0n) is 9.49. The van der Waals surface area contributed by atoms with Crippen LogP contribution in [0.2, 0.25) is 0 Å². The number of aromatic nitrogens is 2. The number of carbonyl (C=O) groups is 1. The van der Waals surface area contributed by atoms with Gasteiger partial charge in [-0.1, -0.05) is 0 Å². The molecule has 0 aliphatic rings. The smallest absolute Gasteiger partial charge is 0.271 e. The SMILES string of the molecule is CNc1ccc(C(=O)NCCCSC)nn1. The van der Waals surface area contributed by atoms with E-state index in [0.29, 0.717) is 18.1 Å². The number of anilines is 1. The van der Waals surface area contributed by atoms with Gasteiger partial charge in [0.05, 0.1) is 0 Å². The van der Waals surface area contributed by atoms with E-state index in [2.05, 4.69) is 20.8 Å². The van der Waals surface area contributed by atoms with Gasteiger partial charge in [0.15, 0.2) is 5.69 Å². The zero-order valence-corrected chi connectivity index (χ0v) is 10.3. The van der Waals surface area contributed by atoms with E-state index in [0.717, 1.165) is 12.2 Å². The van der Waals surface area contributed by atoms with Gasteiger partial charge in [-0.3, -0.25) is 4.79 Å². The maximum Gasteiger partial charge on any atom is 0.271 e. The minimum Gasteiger partial charge on any atom is -0.372 e. The number of thioether (sulfide) groups is 1. The van der Waals surface area contributed by atoms with Gasteiger partial charge in [-0.15, -0.1) is 10.2 Å². The number of rotatable bonds is 6. The van der Waals surface area contributed by atoms with Crippen LogP contribution in [0.5, 0.6) is 0 Å². The minimum atomic E-state index is -0.170. The van der Waals surface area contributed by atoms with Crippen molar-refractivity contribution in [3.8, 4) is 0 Å². The van der Waals surface area contributed by atoms with E-state index in [1.807, 2.05) is 6.26 Å². The highest BCUT2D eigenvalue weighted by Crippen LogP contribution is 2.00. The Kier molecular flexibility index (Phi) is 5.63. The van der Waals surface area contributed by atoms with Crippen LogP contribution < -0.4 is 10.6 Å². The lowest BCUT2D eigenvalue weighted by Gasteiger charge is -2.03. The summed E-state index contributed by atoms with van der Waals surface area (Å²) in [5.74, 6) is 1.53. The van der Waals surface area contributed by atoms with Gasteiger partial charge in [0.1, 0.15) is 5.82 Å². The molecule has 0 atom stereocenters. The molecule has 0 aromatic carbocycles. The maximum atomic E-state index is 11.6. The molecule has 88 valence electrons. The van der Waals surface area contributed by atoms with Crippen molar-refractivity contribution in [1.82, 2.24) is 15.5 Å². The Labute approximate surface area is 99.4 Å². The number of amides is 1. The Morgan fingerprint density at radius 3 is 2.81 bits per heavy atom.